The molecule has 1 heteroatoms. The van der Waals surface area contributed by atoms with E-state index in [9.17, 15) is 0 Å². The first-order valence-corrected chi connectivity index (χ1v) is 8.02. The van der Waals surface area contributed by atoms with Crippen LogP contribution in [0.5, 0.6) is 0 Å². The molecule has 100 valence electrons. The molecule has 0 heterocycles. The minimum atomic E-state index is 0.501. The van der Waals surface area contributed by atoms with Gasteiger partial charge in [0.05, 0.1) is 0 Å². The molecule has 0 spiro atoms. The molecule has 3 aromatic carbocycles. The van der Waals surface area contributed by atoms with Crippen molar-refractivity contribution in [2.45, 2.75) is 17.9 Å². The minimum Gasteiger partial charge on any atom is -0.149 e. The smallest absolute Gasteiger partial charge is 0.0278 e. The van der Waals surface area contributed by atoms with Gasteiger partial charge in [-0.25, -0.2) is 0 Å². The van der Waals surface area contributed by atoms with Crippen molar-refractivity contribution in [3.05, 3.63) is 83.9 Å². The van der Waals surface area contributed by atoms with Gasteiger partial charge < -0.3 is 0 Å². The summed E-state index contributed by atoms with van der Waals surface area (Å²) in [5.74, 6) is 1.06. The zero-order valence-electron chi connectivity index (χ0n) is 11.6. The molecule has 0 saturated carbocycles. The molecule has 0 aliphatic rings. The minimum absolute atomic E-state index is 0.501. The number of benzene rings is 3. The number of fused-ring (bicyclic) bond motifs is 1. The Labute approximate surface area is 124 Å². The number of rotatable bonds is 4. The lowest BCUT2D eigenvalue weighted by atomic mass is 10.0. The van der Waals surface area contributed by atoms with Crippen LogP contribution in [0.1, 0.15) is 23.3 Å². The Morgan fingerprint density at radius 1 is 0.800 bits per heavy atom. The van der Waals surface area contributed by atoms with Gasteiger partial charge in [0.1, 0.15) is 0 Å². The lowest BCUT2D eigenvalue weighted by Crippen LogP contribution is -1.91. The molecule has 1 atom stereocenters. The zero-order chi connectivity index (χ0) is 13.8. The van der Waals surface area contributed by atoms with Crippen molar-refractivity contribution >= 4 is 22.5 Å². The molecule has 0 fully saturated rings. The van der Waals surface area contributed by atoms with Crippen LogP contribution in [0.2, 0.25) is 0 Å². The maximum Gasteiger partial charge on any atom is 0.0278 e. The standard InChI is InChI=1S/C19H18S/c1-15(20-14-16-8-3-2-4-9-16)18-13-7-11-17-10-5-6-12-19(17)18/h2-13,15H,14H2,1H3. The number of hydrogen-bond acceptors (Lipinski definition) is 1. The zero-order valence-corrected chi connectivity index (χ0v) is 12.4. The van der Waals surface area contributed by atoms with Crippen LogP contribution in [-0.2, 0) is 5.75 Å². The summed E-state index contributed by atoms with van der Waals surface area (Å²) >= 11 is 2.00. The monoisotopic (exact) mass is 278 g/mol. The van der Waals surface area contributed by atoms with Crippen LogP contribution in [-0.4, -0.2) is 0 Å². The van der Waals surface area contributed by atoms with Crippen molar-refractivity contribution in [1.82, 2.24) is 0 Å². The fourth-order valence-electron chi connectivity index (χ4n) is 2.49. The summed E-state index contributed by atoms with van der Waals surface area (Å²) in [4.78, 5) is 0. The topological polar surface area (TPSA) is 0 Å². The largest absolute Gasteiger partial charge is 0.149 e. The third-order valence-corrected chi connectivity index (χ3v) is 4.86. The SMILES string of the molecule is CC(SCc1ccccc1)c1cccc2ccccc12. The molecular weight excluding hydrogens is 260 g/mol. The average Bonchev–Trinajstić information content (AvgIpc) is 2.53. The van der Waals surface area contributed by atoms with Crippen LogP contribution >= 0.6 is 11.8 Å². The second-order valence-corrected chi connectivity index (χ2v) is 6.34. The Morgan fingerprint density at radius 2 is 1.50 bits per heavy atom. The van der Waals surface area contributed by atoms with E-state index in [4.69, 9.17) is 0 Å². The summed E-state index contributed by atoms with van der Waals surface area (Å²) in [6, 6.07) is 25.9. The van der Waals surface area contributed by atoms with Crippen LogP contribution < -0.4 is 0 Å². The molecule has 1 unspecified atom stereocenters. The molecule has 20 heavy (non-hydrogen) atoms. The van der Waals surface area contributed by atoms with Crippen LogP contribution in [0.4, 0.5) is 0 Å². The summed E-state index contributed by atoms with van der Waals surface area (Å²) in [5.41, 5.74) is 2.83. The Bertz CT molecular complexity index is 683. The molecule has 0 bridgehead atoms. The van der Waals surface area contributed by atoms with Gasteiger partial charge in [-0.1, -0.05) is 72.8 Å². The fraction of sp³-hybridized carbons (Fsp3) is 0.158. The normalized spacial score (nSPS) is 12.4. The molecule has 3 rings (SSSR count). The average molecular weight is 278 g/mol. The summed E-state index contributed by atoms with van der Waals surface area (Å²) < 4.78 is 0. The van der Waals surface area contributed by atoms with E-state index in [-0.39, 0.29) is 0 Å². The first kappa shape index (κ1) is 13.3. The van der Waals surface area contributed by atoms with Crippen molar-refractivity contribution in [3.8, 4) is 0 Å². The quantitative estimate of drug-likeness (QED) is 0.578. The van der Waals surface area contributed by atoms with Crippen molar-refractivity contribution < 1.29 is 0 Å². The maximum absolute atomic E-state index is 2.30. The van der Waals surface area contributed by atoms with Crippen LogP contribution in [0.25, 0.3) is 10.8 Å². The first-order valence-electron chi connectivity index (χ1n) is 6.98. The van der Waals surface area contributed by atoms with E-state index in [1.807, 2.05) is 11.8 Å². The van der Waals surface area contributed by atoms with Gasteiger partial charge in [0.15, 0.2) is 0 Å². The lowest BCUT2D eigenvalue weighted by molar-refractivity contribution is 1.11. The summed E-state index contributed by atoms with van der Waals surface area (Å²) in [6.45, 7) is 2.30. The Kier molecular flexibility index (Phi) is 4.08. The van der Waals surface area contributed by atoms with Gasteiger partial charge in [-0.05, 0) is 28.8 Å². The van der Waals surface area contributed by atoms with E-state index >= 15 is 0 Å². The number of hydrogen-bond donors (Lipinski definition) is 0. The Balaban J connectivity index is 1.80. The van der Waals surface area contributed by atoms with E-state index in [0.717, 1.165) is 5.75 Å². The van der Waals surface area contributed by atoms with Gasteiger partial charge in [-0.2, -0.15) is 0 Å². The highest BCUT2D eigenvalue weighted by Gasteiger charge is 2.09. The summed E-state index contributed by atoms with van der Waals surface area (Å²) in [5, 5.41) is 3.21. The molecule has 0 radical (unpaired) electrons. The molecular formula is C19H18S. The molecule has 0 amide bonds. The van der Waals surface area contributed by atoms with Crippen molar-refractivity contribution in [2.75, 3.05) is 0 Å². The molecule has 0 aromatic heterocycles. The van der Waals surface area contributed by atoms with Gasteiger partial charge in [-0.15, -0.1) is 11.8 Å². The van der Waals surface area contributed by atoms with Gasteiger partial charge in [0.2, 0.25) is 0 Å². The lowest BCUT2D eigenvalue weighted by Gasteiger charge is -2.14. The second kappa shape index (κ2) is 6.15. The van der Waals surface area contributed by atoms with E-state index in [1.165, 1.54) is 21.9 Å². The second-order valence-electron chi connectivity index (χ2n) is 5.01. The highest BCUT2D eigenvalue weighted by atomic mass is 32.2. The van der Waals surface area contributed by atoms with Crippen molar-refractivity contribution in [1.29, 1.82) is 0 Å². The first-order chi connectivity index (χ1) is 9.84. The van der Waals surface area contributed by atoms with Crippen LogP contribution in [0.3, 0.4) is 0 Å². The van der Waals surface area contributed by atoms with E-state index in [1.54, 1.807) is 0 Å². The van der Waals surface area contributed by atoms with Crippen LogP contribution in [0, 0.1) is 0 Å². The maximum atomic E-state index is 2.30. The third kappa shape index (κ3) is 2.88. The highest BCUT2D eigenvalue weighted by Crippen LogP contribution is 2.35. The summed E-state index contributed by atoms with van der Waals surface area (Å²) in [6.07, 6.45) is 0. The van der Waals surface area contributed by atoms with Gasteiger partial charge in [-0.3, -0.25) is 0 Å². The van der Waals surface area contributed by atoms with E-state index in [2.05, 4.69) is 79.7 Å². The van der Waals surface area contributed by atoms with Gasteiger partial charge in [0, 0.05) is 11.0 Å². The predicted octanol–water partition coefficient (Wildman–Crippen LogP) is 5.83. The summed E-state index contributed by atoms with van der Waals surface area (Å²) in [7, 11) is 0. The van der Waals surface area contributed by atoms with E-state index < -0.39 is 0 Å². The van der Waals surface area contributed by atoms with Crippen molar-refractivity contribution in [2.24, 2.45) is 0 Å². The van der Waals surface area contributed by atoms with Gasteiger partial charge in [0.25, 0.3) is 0 Å². The Hall–Kier alpha value is -1.73. The Morgan fingerprint density at radius 3 is 2.35 bits per heavy atom. The predicted molar refractivity (Wildman–Crippen MR) is 90.1 cm³/mol. The van der Waals surface area contributed by atoms with Gasteiger partial charge >= 0.3 is 0 Å². The molecule has 0 saturated heterocycles. The van der Waals surface area contributed by atoms with Crippen molar-refractivity contribution in [3.63, 3.8) is 0 Å². The fourth-order valence-corrected chi connectivity index (χ4v) is 3.51. The molecule has 3 aromatic rings. The number of thioether (sulfide) groups is 1. The van der Waals surface area contributed by atoms with E-state index in [0.29, 0.717) is 5.25 Å². The van der Waals surface area contributed by atoms with Crippen LogP contribution in [0.15, 0.2) is 72.8 Å². The molecule has 0 N–H and O–H groups in total. The molecule has 0 nitrogen and oxygen atoms in total. The molecule has 0 aliphatic heterocycles. The third-order valence-electron chi connectivity index (χ3n) is 3.60. The molecule has 0 aliphatic carbocycles. The highest BCUT2D eigenvalue weighted by molar-refractivity contribution is 7.98.